The molecule has 4 nitrogen and oxygen atoms in total. The van der Waals surface area contributed by atoms with Crippen LogP contribution in [-0.2, 0) is 0 Å². The molecule has 0 spiro atoms. The van der Waals surface area contributed by atoms with Crippen LogP contribution in [0.4, 0.5) is 18.9 Å². The number of rotatable bonds is 3. The van der Waals surface area contributed by atoms with Crippen LogP contribution in [0.25, 0.3) is 0 Å². The highest BCUT2D eigenvalue weighted by molar-refractivity contribution is 5.53. The summed E-state index contributed by atoms with van der Waals surface area (Å²) in [6.07, 6.45) is -2.87. The summed E-state index contributed by atoms with van der Waals surface area (Å²) in [5.41, 5.74) is -1.00. The van der Waals surface area contributed by atoms with Gasteiger partial charge in [0.1, 0.15) is 0 Å². The zero-order chi connectivity index (χ0) is 12.3. The number of nitro benzene ring substituents is 1. The maximum Gasteiger partial charge on any atom is 0.573 e. The summed E-state index contributed by atoms with van der Waals surface area (Å²) in [7, 11) is 0. The average molecular weight is 232 g/mol. The Morgan fingerprint density at radius 3 is 2.50 bits per heavy atom. The fourth-order valence-corrected chi connectivity index (χ4v) is 1.03. The van der Waals surface area contributed by atoms with E-state index in [2.05, 4.69) is 17.4 Å². The van der Waals surface area contributed by atoms with Crippen LogP contribution in [0.1, 0.15) is 5.56 Å². The van der Waals surface area contributed by atoms with Crippen molar-refractivity contribution in [2.24, 2.45) is 0 Å². The molecule has 0 unspecified atom stereocenters. The van der Waals surface area contributed by atoms with Gasteiger partial charge >= 0.3 is 12.0 Å². The Kier molecular flexibility index (Phi) is 3.17. The number of hydrogen-bond acceptors (Lipinski definition) is 3. The van der Waals surface area contributed by atoms with Crippen LogP contribution in [0.15, 0.2) is 24.8 Å². The second-order valence-electron chi connectivity index (χ2n) is 2.64. The number of hydrogen-bond donors (Lipinski definition) is 0. The third-order valence-corrected chi connectivity index (χ3v) is 1.60. The molecule has 0 aliphatic heterocycles. The number of alkyl halides is 3. The van der Waals surface area contributed by atoms with Gasteiger partial charge < -0.3 is 4.74 Å². The van der Waals surface area contributed by atoms with Gasteiger partial charge in [0.05, 0.1) is 4.92 Å². The van der Waals surface area contributed by atoms with E-state index in [1.54, 1.807) is 0 Å². The summed E-state index contributed by atoms with van der Waals surface area (Å²) in [6.45, 7) is 3.13. The third kappa shape index (κ3) is 2.72. The van der Waals surface area contributed by atoms with Crippen LogP contribution in [0.2, 0.25) is 0 Å². The number of para-hydroxylation sites is 1. The lowest BCUT2D eigenvalue weighted by Gasteiger charge is -2.10. The zero-order valence-corrected chi connectivity index (χ0v) is 7.75. The summed E-state index contributed by atoms with van der Waals surface area (Å²) in [6, 6.07) is 3.30. The van der Waals surface area contributed by atoms with Gasteiger partial charge in [-0.2, -0.15) is 0 Å². The van der Waals surface area contributed by atoms with Gasteiger partial charge in [-0.05, 0) is 6.08 Å². The summed E-state index contributed by atoms with van der Waals surface area (Å²) < 4.78 is 39.6. The maximum atomic E-state index is 12.0. The molecule has 0 amide bonds. The van der Waals surface area contributed by atoms with Gasteiger partial charge in [0.25, 0.3) is 0 Å². The lowest BCUT2D eigenvalue weighted by molar-refractivity contribution is -0.388. The molecule has 0 heterocycles. The predicted molar refractivity (Wildman–Crippen MR) is 47.8 cm³/mol. The van der Waals surface area contributed by atoms with Crippen molar-refractivity contribution < 1.29 is 22.8 Å². The van der Waals surface area contributed by atoms with E-state index in [0.717, 1.165) is 6.07 Å². The van der Waals surface area contributed by atoms with E-state index in [1.165, 1.54) is 12.1 Å². The molecule has 85 valence electrons. The van der Waals surface area contributed by atoms with Crippen LogP contribution < -0.4 is 4.74 Å². The zero-order valence-electron chi connectivity index (χ0n) is 7.75. The lowest BCUT2D eigenvalue weighted by atomic mass is 10.2. The molecule has 0 aromatic heterocycles. The van der Waals surface area contributed by atoms with Crippen molar-refractivity contribution in [3.05, 3.63) is 46.5 Å². The topological polar surface area (TPSA) is 52.4 Å². The first-order valence-corrected chi connectivity index (χ1v) is 3.91. The fourth-order valence-electron chi connectivity index (χ4n) is 1.03. The van der Waals surface area contributed by atoms with Crippen molar-refractivity contribution in [2.75, 3.05) is 0 Å². The van der Waals surface area contributed by atoms with Crippen molar-refractivity contribution in [3.63, 3.8) is 0 Å². The van der Waals surface area contributed by atoms with Gasteiger partial charge in [0, 0.05) is 11.6 Å². The van der Waals surface area contributed by atoms with Crippen molar-refractivity contribution in [1.29, 1.82) is 0 Å². The fraction of sp³-hybridized carbons (Fsp3) is 0.111. The van der Waals surface area contributed by atoms with Crippen LogP contribution in [-0.4, -0.2) is 11.3 Å². The first-order valence-electron chi connectivity index (χ1n) is 3.91. The van der Waals surface area contributed by atoms with Gasteiger partial charge in [-0.1, -0.05) is 18.7 Å². The Balaban J connectivity index is 3.30. The van der Waals surface area contributed by atoms with Crippen molar-refractivity contribution in [3.8, 4) is 5.75 Å². The molecule has 0 bridgehead atoms. The molecular formula is C9H5F3NO3. The molecule has 0 aliphatic rings. The molecule has 0 saturated heterocycles. The highest BCUT2D eigenvalue weighted by Gasteiger charge is 2.35. The first kappa shape index (κ1) is 12.0. The van der Waals surface area contributed by atoms with Gasteiger partial charge in [-0.15, -0.1) is 13.2 Å². The van der Waals surface area contributed by atoms with E-state index < -0.39 is 22.7 Å². The van der Waals surface area contributed by atoms with E-state index >= 15 is 0 Å². The van der Waals surface area contributed by atoms with E-state index in [4.69, 9.17) is 0 Å². The predicted octanol–water partition coefficient (Wildman–Crippen LogP) is 2.83. The molecule has 0 N–H and O–H groups in total. The highest BCUT2D eigenvalue weighted by atomic mass is 19.4. The number of nitro groups is 1. The molecule has 0 saturated carbocycles. The third-order valence-electron chi connectivity index (χ3n) is 1.60. The molecular weight excluding hydrogens is 227 g/mol. The summed E-state index contributed by atoms with van der Waals surface area (Å²) in [4.78, 5) is 9.52. The number of benzene rings is 1. The maximum absolute atomic E-state index is 12.0. The second-order valence-corrected chi connectivity index (χ2v) is 2.64. The Morgan fingerprint density at radius 1 is 1.44 bits per heavy atom. The molecule has 1 aromatic carbocycles. The Morgan fingerprint density at radius 2 is 2.06 bits per heavy atom. The normalized spacial score (nSPS) is 10.9. The quantitative estimate of drug-likeness (QED) is 0.594. The van der Waals surface area contributed by atoms with Gasteiger partial charge in [-0.3, -0.25) is 10.1 Å². The molecule has 7 heteroatoms. The number of ether oxygens (including phenoxy) is 1. The smallest absolute Gasteiger partial charge is 0.398 e. The van der Waals surface area contributed by atoms with E-state index in [-0.39, 0.29) is 5.56 Å². The first-order chi connectivity index (χ1) is 7.35. The van der Waals surface area contributed by atoms with Crippen LogP contribution in [0.5, 0.6) is 5.75 Å². The summed E-state index contributed by atoms with van der Waals surface area (Å²) >= 11 is 0. The summed E-state index contributed by atoms with van der Waals surface area (Å²) in [5, 5.41) is 10.5. The largest absolute Gasteiger partial charge is 0.573 e. The lowest BCUT2D eigenvalue weighted by Crippen LogP contribution is -2.18. The molecule has 0 fully saturated rings. The van der Waals surface area contributed by atoms with Crippen molar-refractivity contribution in [1.82, 2.24) is 0 Å². The standard InChI is InChI=1S/C9H5F3NO3/c1-2-6-4-3-5-7(13(14)15)8(6)16-9(10,11)12/h3-5H,1H2. The van der Waals surface area contributed by atoms with Crippen molar-refractivity contribution in [2.45, 2.75) is 6.36 Å². The monoisotopic (exact) mass is 232 g/mol. The molecule has 0 aliphatic carbocycles. The van der Waals surface area contributed by atoms with Crippen LogP contribution >= 0.6 is 0 Å². The molecule has 1 radical (unpaired) electrons. The highest BCUT2D eigenvalue weighted by Crippen LogP contribution is 2.35. The molecule has 1 aromatic rings. The summed E-state index contributed by atoms with van der Waals surface area (Å²) in [5.74, 6) is -0.907. The number of halogens is 3. The second kappa shape index (κ2) is 4.21. The van der Waals surface area contributed by atoms with Crippen LogP contribution in [0, 0.1) is 16.2 Å². The van der Waals surface area contributed by atoms with E-state index in [9.17, 15) is 23.3 Å². The van der Waals surface area contributed by atoms with Crippen molar-refractivity contribution >= 4 is 5.69 Å². The minimum absolute atomic E-state index is 0.216. The minimum Gasteiger partial charge on any atom is -0.398 e. The Hall–Kier alpha value is -2.05. The number of nitrogens with zero attached hydrogens (tertiary/aromatic N) is 1. The SMILES string of the molecule is C=[C]c1cccc([N+](=O)[O-])c1OC(F)(F)F. The van der Waals surface area contributed by atoms with Crippen LogP contribution in [0.3, 0.4) is 0 Å². The Bertz CT molecular complexity index is 428. The Labute approximate surface area is 88.1 Å². The van der Waals surface area contributed by atoms with Gasteiger partial charge in [0.2, 0.25) is 5.75 Å². The van der Waals surface area contributed by atoms with E-state index in [1.807, 2.05) is 0 Å². The molecule has 16 heavy (non-hydrogen) atoms. The van der Waals surface area contributed by atoms with Gasteiger partial charge in [0.15, 0.2) is 0 Å². The van der Waals surface area contributed by atoms with Gasteiger partial charge in [-0.25, -0.2) is 0 Å². The van der Waals surface area contributed by atoms with E-state index in [0.29, 0.717) is 0 Å². The minimum atomic E-state index is -5.00. The average Bonchev–Trinajstić information content (AvgIpc) is 2.15. The molecule has 1 rings (SSSR count). The molecule has 0 atom stereocenters.